The van der Waals surface area contributed by atoms with Gasteiger partial charge in [-0.05, 0) is 42.4 Å². The van der Waals surface area contributed by atoms with Crippen LogP contribution >= 0.6 is 0 Å². The summed E-state index contributed by atoms with van der Waals surface area (Å²) in [4.78, 5) is 7.92. The zero-order chi connectivity index (χ0) is 14.5. The quantitative estimate of drug-likeness (QED) is 0.847. The molecule has 0 bridgehead atoms. The van der Waals surface area contributed by atoms with Crippen molar-refractivity contribution in [2.75, 3.05) is 13.1 Å². The Morgan fingerprint density at radius 1 is 0.800 bits per heavy atom. The predicted molar refractivity (Wildman–Crippen MR) is 83.2 cm³/mol. The number of pyridine rings is 2. The molecule has 2 N–H and O–H groups in total. The molecule has 0 aliphatic rings. The van der Waals surface area contributed by atoms with Gasteiger partial charge in [0, 0.05) is 37.9 Å². The molecule has 0 saturated heterocycles. The molecule has 0 amide bonds. The van der Waals surface area contributed by atoms with E-state index in [4.69, 9.17) is 0 Å². The Hall–Kier alpha value is -1.78. The maximum atomic E-state index is 4.00. The van der Waals surface area contributed by atoms with Crippen molar-refractivity contribution in [1.82, 2.24) is 20.6 Å². The van der Waals surface area contributed by atoms with E-state index < -0.39 is 0 Å². The molecule has 20 heavy (non-hydrogen) atoms. The van der Waals surface area contributed by atoms with Gasteiger partial charge in [0.05, 0.1) is 0 Å². The molecular formula is C16H24N4. The van der Waals surface area contributed by atoms with Crippen molar-refractivity contribution in [3.8, 4) is 0 Å². The lowest BCUT2D eigenvalue weighted by atomic mass is 10.3. The number of nitrogens with one attached hydrogen (secondary N) is 2. The Kier molecular flexibility index (Phi) is 9.02. The van der Waals surface area contributed by atoms with Gasteiger partial charge >= 0.3 is 0 Å². The molecule has 0 unspecified atom stereocenters. The summed E-state index contributed by atoms with van der Waals surface area (Å²) >= 11 is 0. The van der Waals surface area contributed by atoms with E-state index in [-0.39, 0.29) is 0 Å². The smallest absolute Gasteiger partial charge is 0.0312 e. The van der Waals surface area contributed by atoms with Crippen molar-refractivity contribution in [3.63, 3.8) is 0 Å². The molecule has 0 aromatic carbocycles. The first-order valence-corrected chi connectivity index (χ1v) is 7.06. The van der Waals surface area contributed by atoms with Gasteiger partial charge in [0.1, 0.15) is 0 Å². The molecule has 0 aliphatic carbocycles. The van der Waals surface area contributed by atoms with E-state index in [1.807, 2.05) is 36.8 Å². The highest BCUT2D eigenvalue weighted by Gasteiger charge is 1.87. The first-order chi connectivity index (χ1) is 9.86. The van der Waals surface area contributed by atoms with Gasteiger partial charge in [0.25, 0.3) is 0 Å². The second-order valence-corrected chi connectivity index (χ2v) is 4.28. The molecule has 0 spiro atoms. The summed E-state index contributed by atoms with van der Waals surface area (Å²) in [6.45, 7) is 8.08. The number of rotatable bonds is 6. The molecule has 4 nitrogen and oxygen atoms in total. The van der Waals surface area contributed by atoms with Crippen molar-refractivity contribution in [3.05, 3.63) is 60.2 Å². The van der Waals surface area contributed by atoms with Gasteiger partial charge < -0.3 is 10.6 Å². The molecule has 0 fully saturated rings. The normalized spacial score (nSPS) is 9.70. The molecule has 0 radical (unpaired) electrons. The Morgan fingerprint density at radius 3 is 2.00 bits per heavy atom. The van der Waals surface area contributed by atoms with Gasteiger partial charge in [-0.1, -0.05) is 19.9 Å². The number of hydrogen-bond donors (Lipinski definition) is 2. The van der Waals surface area contributed by atoms with Crippen molar-refractivity contribution in [2.24, 2.45) is 0 Å². The Balaban J connectivity index is 0.000000200. The van der Waals surface area contributed by atoms with E-state index in [2.05, 4.69) is 40.5 Å². The number of hydrogen-bond acceptors (Lipinski definition) is 4. The summed E-state index contributed by atoms with van der Waals surface area (Å²) in [7, 11) is 0. The van der Waals surface area contributed by atoms with Crippen LogP contribution in [-0.2, 0) is 13.1 Å². The monoisotopic (exact) mass is 272 g/mol. The van der Waals surface area contributed by atoms with Gasteiger partial charge in [0.2, 0.25) is 0 Å². The summed E-state index contributed by atoms with van der Waals surface area (Å²) in [5.74, 6) is 0. The first-order valence-electron chi connectivity index (χ1n) is 7.06. The van der Waals surface area contributed by atoms with Gasteiger partial charge in [-0.2, -0.15) is 0 Å². The molecule has 0 saturated carbocycles. The van der Waals surface area contributed by atoms with Crippen LogP contribution in [0.5, 0.6) is 0 Å². The molecule has 2 aromatic rings. The van der Waals surface area contributed by atoms with Gasteiger partial charge in [-0.15, -0.1) is 0 Å². The summed E-state index contributed by atoms with van der Waals surface area (Å²) in [6.07, 6.45) is 7.29. The average molecular weight is 272 g/mol. The average Bonchev–Trinajstić information content (AvgIpc) is 2.53. The van der Waals surface area contributed by atoms with Gasteiger partial charge in [-0.3, -0.25) is 9.97 Å². The lowest BCUT2D eigenvalue weighted by Crippen LogP contribution is -2.11. The Morgan fingerprint density at radius 2 is 1.45 bits per heavy atom. The third-order valence-electron chi connectivity index (χ3n) is 2.63. The lowest BCUT2D eigenvalue weighted by Gasteiger charge is -1.98. The minimum atomic E-state index is 0.921. The largest absolute Gasteiger partial charge is 0.313 e. The van der Waals surface area contributed by atoms with Gasteiger partial charge in [0.15, 0.2) is 0 Å². The number of aromatic nitrogens is 2. The van der Waals surface area contributed by atoms with Crippen LogP contribution in [0.2, 0.25) is 0 Å². The summed E-state index contributed by atoms with van der Waals surface area (Å²) in [6, 6.07) is 8.05. The Labute approximate surface area is 121 Å². The van der Waals surface area contributed by atoms with Crippen LogP contribution in [0.3, 0.4) is 0 Å². The first kappa shape index (κ1) is 16.3. The van der Waals surface area contributed by atoms with E-state index in [0.29, 0.717) is 0 Å². The highest BCUT2D eigenvalue weighted by Crippen LogP contribution is 1.94. The van der Waals surface area contributed by atoms with E-state index in [1.54, 1.807) is 6.20 Å². The molecule has 108 valence electrons. The van der Waals surface area contributed by atoms with Crippen LogP contribution in [-0.4, -0.2) is 23.1 Å². The second kappa shape index (κ2) is 11.1. The van der Waals surface area contributed by atoms with Crippen molar-refractivity contribution < 1.29 is 0 Å². The lowest BCUT2D eigenvalue weighted by molar-refractivity contribution is 0.724. The fraction of sp³-hybridized carbons (Fsp3) is 0.375. The molecule has 0 atom stereocenters. The molecule has 2 heterocycles. The minimum absolute atomic E-state index is 0.921. The van der Waals surface area contributed by atoms with Gasteiger partial charge in [-0.25, -0.2) is 0 Å². The SMILES string of the molecule is CCNCc1cccnc1.CCNCc1ccncc1. The maximum Gasteiger partial charge on any atom is 0.0312 e. The van der Waals surface area contributed by atoms with Crippen LogP contribution in [0, 0.1) is 0 Å². The van der Waals surface area contributed by atoms with Crippen molar-refractivity contribution in [1.29, 1.82) is 0 Å². The Bertz CT molecular complexity index is 387. The van der Waals surface area contributed by atoms with Crippen LogP contribution in [0.25, 0.3) is 0 Å². The molecular weight excluding hydrogens is 248 g/mol. The topological polar surface area (TPSA) is 49.8 Å². The standard InChI is InChI=1S/2C8H12N2/c1-2-9-7-8-3-5-10-6-4-8;1-2-9-6-8-4-3-5-10-7-8/h3-6,9H,2,7H2,1H3;3-5,7,9H,2,6H2,1H3. The molecule has 0 aliphatic heterocycles. The third-order valence-corrected chi connectivity index (χ3v) is 2.63. The summed E-state index contributed by atoms with van der Waals surface area (Å²) < 4.78 is 0. The zero-order valence-electron chi connectivity index (χ0n) is 12.3. The third kappa shape index (κ3) is 7.61. The fourth-order valence-electron chi connectivity index (χ4n) is 1.54. The predicted octanol–water partition coefficient (Wildman–Crippen LogP) is 2.38. The van der Waals surface area contributed by atoms with Crippen LogP contribution < -0.4 is 10.6 Å². The highest BCUT2D eigenvalue weighted by molar-refractivity contribution is 5.09. The van der Waals surface area contributed by atoms with Crippen LogP contribution in [0.1, 0.15) is 25.0 Å². The number of nitrogens with zero attached hydrogens (tertiary/aromatic N) is 2. The van der Waals surface area contributed by atoms with E-state index >= 15 is 0 Å². The molecule has 2 aromatic heterocycles. The van der Waals surface area contributed by atoms with Crippen LogP contribution in [0.4, 0.5) is 0 Å². The van der Waals surface area contributed by atoms with Crippen molar-refractivity contribution >= 4 is 0 Å². The summed E-state index contributed by atoms with van der Waals surface area (Å²) in [5, 5.41) is 6.46. The van der Waals surface area contributed by atoms with E-state index in [9.17, 15) is 0 Å². The second-order valence-electron chi connectivity index (χ2n) is 4.28. The van der Waals surface area contributed by atoms with E-state index in [0.717, 1.165) is 26.2 Å². The highest BCUT2D eigenvalue weighted by atomic mass is 14.8. The maximum absolute atomic E-state index is 4.00. The minimum Gasteiger partial charge on any atom is -0.313 e. The fourth-order valence-corrected chi connectivity index (χ4v) is 1.54. The molecule has 4 heteroatoms. The summed E-state index contributed by atoms with van der Waals surface area (Å²) in [5.41, 5.74) is 2.53. The van der Waals surface area contributed by atoms with E-state index in [1.165, 1.54) is 11.1 Å². The van der Waals surface area contributed by atoms with Crippen molar-refractivity contribution in [2.45, 2.75) is 26.9 Å². The van der Waals surface area contributed by atoms with Crippen LogP contribution in [0.15, 0.2) is 49.1 Å². The zero-order valence-corrected chi connectivity index (χ0v) is 12.3. The molecule has 2 rings (SSSR count).